The molecule has 12 heteroatoms. The van der Waals surface area contributed by atoms with Gasteiger partial charge in [-0.15, -0.1) is 0 Å². The van der Waals surface area contributed by atoms with Gasteiger partial charge in [0.2, 0.25) is 5.95 Å². The number of benzene rings is 2. The summed E-state index contributed by atoms with van der Waals surface area (Å²) in [5.41, 5.74) is 1.22. The van der Waals surface area contributed by atoms with E-state index in [4.69, 9.17) is 0 Å². The van der Waals surface area contributed by atoms with Crippen LogP contribution in [0.1, 0.15) is 0 Å². The maximum absolute atomic E-state index is 14.6. The maximum atomic E-state index is 14.6. The number of amides is 2. The van der Waals surface area contributed by atoms with Gasteiger partial charge in [0.05, 0.1) is 11.4 Å². The van der Waals surface area contributed by atoms with E-state index in [0.717, 1.165) is 6.07 Å². The zero-order valence-electron chi connectivity index (χ0n) is 20.6. The Morgan fingerprint density at radius 3 is 2.50 bits per heavy atom. The van der Waals surface area contributed by atoms with Gasteiger partial charge in [0.1, 0.15) is 23.1 Å². The van der Waals surface area contributed by atoms with Crippen LogP contribution in [-0.4, -0.2) is 37.4 Å². The Bertz CT molecular complexity index is 1760. The molecule has 3 aromatic heterocycles. The lowest BCUT2D eigenvalue weighted by Crippen LogP contribution is -2.22. The van der Waals surface area contributed by atoms with Crippen molar-refractivity contribution >= 4 is 34.5 Å². The van der Waals surface area contributed by atoms with Crippen molar-refractivity contribution in [1.29, 1.82) is 0 Å². The van der Waals surface area contributed by atoms with E-state index in [1.807, 2.05) is 0 Å². The highest BCUT2D eigenvalue weighted by Crippen LogP contribution is 2.27. The first-order chi connectivity index (χ1) is 18.2. The Hall–Kier alpha value is -5.13. The molecule has 3 N–H and O–H groups in total. The number of aryl methyl sites for hydroxylation is 2. The van der Waals surface area contributed by atoms with Crippen molar-refractivity contribution in [3.05, 3.63) is 82.8 Å². The fraction of sp³-hybridized carbons (Fsp3) is 0.115. The van der Waals surface area contributed by atoms with Crippen LogP contribution in [0, 0.1) is 11.6 Å². The highest BCUT2D eigenvalue weighted by Gasteiger charge is 2.16. The fourth-order valence-electron chi connectivity index (χ4n) is 4.02. The summed E-state index contributed by atoms with van der Waals surface area (Å²) < 4.78 is 31.5. The molecule has 0 bridgehead atoms. The summed E-state index contributed by atoms with van der Waals surface area (Å²) in [7, 11) is 4.84. The van der Waals surface area contributed by atoms with E-state index in [2.05, 4.69) is 31.0 Å². The van der Waals surface area contributed by atoms with Gasteiger partial charge in [-0.05, 0) is 35.9 Å². The third kappa shape index (κ3) is 4.54. The van der Waals surface area contributed by atoms with E-state index in [-0.39, 0.29) is 28.2 Å². The molecular weight excluding hydrogens is 494 g/mol. The molecule has 0 aliphatic carbocycles. The third-order valence-corrected chi connectivity index (χ3v) is 5.97. The molecule has 0 unspecified atom stereocenters. The number of urea groups is 1. The molecule has 10 nitrogen and oxygen atoms in total. The van der Waals surface area contributed by atoms with E-state index >= 15 is 0 Å². The van der Waals surface area contributed by atoms with Gasteiger partial charge in [0.15, 0.2) is 0 Å². The molecule has 5 aromatic rings. The van der Waals surface area contributed by atoms with Crippen LogP contribution in [0.25, 0.3) is 33.4 Å². The number of nitrogens with zero attached hydrogens (tertiary/aromatic N) is 5. The summed E-state index contributed by atoms with van der Waals surface area (Å²) in [6, 6.07) is 12.5. The Labute approximate surface area is 215 Å². The summed E-state index contributed by atoms with van der Waals surface area (Å²) in [5, 5.41) is 12.7. The third-order valence-electron chi connectivity index (χ3n) is 5.97. The van der Waals surface area contributed by atoms with Gasteiger partial charge in [-0.1, -0.05) is 18.2 Å². The van der Waals surface area contributed by atoms with Crippen molar-refractivity contribution in [2.75, 3.05) is 23.0 Å². The Morgan fingerprint density at radius 1 is 0.947 bits per heavy atom. The van der Waals surface area contributed by atoms with Gasteiger partial charge < -0.3 is 10.6 Å². The number of anilines is 3. The van der Waals surface area contributed by atoms with E-state index in [9.17, 15) is 18.4 Å². The van der Waals surface area contributed by atoms with Gasteiger partial charge >= 0.3 is 6.03 Å². The van der Waals surface area contributed by atoms with E-state index in [1.54, 1.807) is 51.6 Å². The molecule has 0 aliphatic heterocycles. The predicted molar refractivity (Wildman–Crippen MR) is 141 cm³/mol. The molecule has 0 saturated carbocycles. The van der Waals surface area contributed by atoms with Crippen molar-refractivity contribution in [2.45, 2.75) is 0 Å². The number of halogens is 2. The summed E-state index contributed by atoms with van der Waals surface area (Å²) >= 11 is 0. The van der Waals surface area contributed by atoms with Crippen molar-refractivity contribution in [1.82, 2.24) is 24.3 Å². The van der Waals surface area contributed by atoms with Gasteiger partial charge in [-0.25, -0.2) is 18.6 Å². The van der Waals surface area contributed by atoms with Crippen LogP contribution in [0.15, 0.2) is 65.6 Å². The number of carbonyl (C=O) groups excluding carboxylic acids is 1. The second kappa shape index (κ2) is 9.73. The molecule has 0 saturated heterocycles. The van der Waals surface area contributed by atoms with Gasteiger partial charge in [0, 0.05) is 49.9 Å². The second-order valence-corrected chi connectivity index (χ2v) is 8.44. The van der Waals surface area contributed by atoms with E-state index in [0.29, 0.717) is 28.2 Å². The number of hydrogen-bond donors (Lipinski definition) is 3. The lowest BCUT2D eigenvalue weighted by molar-refractivity contribution is 0.262. The van der Waals surface area contributed by atoms with Crippen LogP contribution in [0.4, 0.5) is 31.0 Å². The van der Waals surface area contributed by atoms with Crippen molar-refractivity contribution < 1.29 is 13.6 Å². The largest absolute Gasteiger partial charge is 0.357 e. The molecule has 0 radical (unpaired) electrons. The molecule has 3 heterocycles. The quantitative estimate of drug-likeness (QED) is 0.319. The van der Waals surface area contributed by atoms with Crippen LogP contribution < -0.4 is 21.5 Å². The molecule has 2 amide bonds. The minimum absolute atomic E-state index is 0.138. The highest BCUT2D eigenvalue weighted by atomic mass is 19.1. The van der Waals surface area contributed by atoms with E-state index < -0.39 is 17.7 Å². The zero-order valence-corrected chi connectivity index (χ0v) is 20.6. The molecule has 5 rings (SSSR count). The number of pyridine rings is 1. The number of rotatable bonds is 5. The second-order valence-electron chi connectivity index (χ2n) is 8.44. The Morgan fingerprint density at radius 2 is 1.74 bits per heavy atom. The molecule has 192 valence electrons. The molecule has 2 aromatic carbocycles. The van der Waals surface area contributed by atoms with Crippen molar-refractivity contribution in [3.63, 3.8) is 0 Å². The van der Waals surface area contributed by atoms with E-state index in [1.165, 1.54) is 33.5 Å². The molecule has 0 atom stereocenters. The fourth-order valence-corrected chi connectivity index (χ4v) is 4.02. The number of fused-ring (bicyclic) bond motifs is 1. The number of nitrogens with one attached hydrogen (secondary N) is 3. The first-order valence-electron chi connectivity index (χ1n) is 11.5. The van der Waals surface area contributed by atoms with Crippen molar-refractivity contribution in [2.24, 2.45) is 14.1 Å². The SMILES string of the molecule is CNc1ncc2cc(-c3ccc(F)c(NC(=O)Nc4cc(-c5ccccc5F)nn4C)c3)c(=O)n(C)c2n1. The normalized spacial score (nSPS) is 11.0. The lowest BCUT2D eigenvalue weighted by atomic mass is 10.1. The molecular formula is C26H22F2N8O2. The predicted octanol–water partition coefficient (Wildman–Crippen LogP) is 4.36. The van der Waals surface area contributed by atoms with Crippen LogP contribution in [0.3, 0.4) is 0 Å². The minimum atomic E-state index is -0.747. The average Bonchev–Trinajstić information content (AvgIpc) is 3.27. The average molecular weight is 517 g/mol. The highest BCUT2D eigenvalue weighted by molar-refractivity contribution is 6.00. The van der Waals surface area contributed by atoms with Gasteiger partial charge in [-0.2, -0.15) is 10.1 Å². The van der Waals surface area contributed by atoms with Gasteiger partial charge in [0.25, 0.3) is 5.56 Å². The van der Waals surface area contributed by atoms with Gasteiger partial charge in [-0.3, -0.25) is 19.4 Å². The standard InChI is InChI=1S/C26H22F2N8O2/c1-29-25-30-13-15-10-17(24(37)35(2)23(15)33-25)14-8-9-19(28)21(11-14)31-26(38)32-22-12-20(34-36(22)3)16-6-4-5-7-18(16)27/h4-13H,1-3H3,(H,29,30,33)(H2,31,32,38). The lowest BCUT2D eigenvalue weighted by Gasteiger charge is -2.12. The maximum Gasteiger partial charge on any atom is 0.324 e. The van der Waals surface area contributed by atoms with Crippen LogP contribution in [-0.2, 0) is 14.1 Å². The van der Waals surface area contributed by atoms with Crippen LogP contribution >= 0.6 is 0 Å². The Kier molecular flexibility index (Phi) is 6.29. The molecule has 0 spiro atoms. The first kappa shape index (κ1) is 24.6. The molecule has 0 fully saturated rings. The topological polar surface area (TPSA) is 119 Å². The van der Waals surface area contributed by atoms with Crippen LogP contribution in [0.5, 0.6) is 0 Å². The molecule has 38 heavy (non-hydrogen) atoms. The summed E-state index contributed by atoms with van der Waals surface area (Å²) in [6.07, 6.45) is 1.58. The smallest absolute Gasteiger partial charge is 0.324 e. The summed E-state index contributed by atoms with van der Waals surface area (Å²) in [5.74, 6) is -0.509. The van der Waals surface area contributed by atoms with Crippen molar-refractivity contribution in [3.8, 4) is 22.4 Å². The monoisotopic (exact) mass is 516 g/mol. The Balaban J connectivity index is 1.42. The molecule has 0 aliphatic rings. The zero-order chi connectivity index (χ0) is 27.0. The number of aromatic nitrogens is 5. The number of carbonyl (C=O) groups is 1. The summed E-state index contributed by atoms with van der Waals surface area (Å²) in [4.78, 5) is 34.3. The first-order valence-corrected chi connectivity index (χ1v) is 11.5. The summed E-state index contributed by atoms with van der Waals surface area (Å²) in [6.45, 7) is 0. The minimum Gasteiger partial charge on any atom is -0.357 e. The van der Waals surface area contributed by atoms with Crippen LogP contribution in [0.2, 0.25) is 0 Å². The number of hydrogen-bond acceptors (Lipinski definition) is 6.